The van der Waals surface area contributed by atoms with E-state index in [0.29, 0.717) is 4.99 Å². The van der Waals surface area contributed by atoms with Gasteiger partial charge in [0.1, 0.15) is 0 Å². The highest BCUT2D eigenvalue weighted by Crippen LogP contribution is 2.32. The fourth-order valence-electron chi connectivity index (χ4n) is 2.38. The molecular weight excluding hydrogens is 256 g/mol. The molecule has 0 aliphatic heterocycles. The van der Waals surface area contributed by atoms with Crippen molar-refractivity contribution in [2.75, 3.05) is 0 Å². The molecule has 1 amide bonds. The predicted molar refractivity (Wildman–Crippen MR) is 86.2 cm³/mol. The van der Waals surface area contributed by atoms with Gasteiger partial charge in [0.25, 0.3) is 0 Å². The standard InChI is InChI=1S/C15H30N2OS/c1-6-10-15(11-7-2,12(16)19)13(18)17-14(5,8-3)9-4/h6-11H2,1-5H3,(H2,16,19)(H,17,18). The molecule has 0 bridgehead atoms. The zero-order valence-corrected chi connectivity index (χ0v) is 14.0. The molecule has 0 atom stereocenters. The lowest BCUT2D eigenvalue weighted by molar-refractivity contribution is -0.130. The fourth-order valence-corrected chi connectivity index (χ4v) is 2.68. The van der Waals surface area contributed by atoms with E-state index in [-0.39, 0.29) is 11.4 Å². The zero-order chi connectivity index (χ0) is 15.1. The van der Waals surface area contributed by atoms with Crippen LogP contribution in [0.2, 0.25) is 0 Å². The summed E-state index contributed by atoms with van der Waals surface area (Å²) in [6.07, 6.45) is 5.07. The Morgan fingerprint density at radius 3 is 1.79 bits per heavy atom. The number of nitrogens with two attached hydrogens (primary N) is 1. The van der Waals surface area contributed by atoms with E-state index in [9.17, 15) is 4.79 Å². The molecule has 0 aromatic carbocycles. The highest BCUT2D eigenvalue weighted by Gasteiger charge is 2.41. The van der Waals surface area contributed by atoms with E-state index in [1.165, 1.54) is 0 Å². The Kier molecular flexibility index (Phi) is 7.57. The molecule has 0 saturated carbocycles. The molecule has 19 heavy (non-hydrogen) atoms. The lowest BCUT2D eigenvalue weighted by atomic mass is 9.77. The Bertz CT molecular complexity index is 305. The number of rotatable bonds is 9. The SMILES string of the molecule is CCCC(CCC)(C(=O)NC(C)(CC)CC)C(N)=S. The number of nitrogens with one attached hydrogen (secondary N) is 1. The van der Waals surface area contributed by atoms with Crippen LogP contribution in [-0.4, -0.2) is 16.4 Å². The molecule has 0 rings (SSSR count). The van der Waals surface area contributed by atoms with Crippen LogP contribution >= 0.6 is 12.2 Å². The number of carbonyl (C=O) groups excluding carboxylic acids is 1. The van der Waals surface area contributed by atoms with Crippen LogP contribution in [0.4, 0.5) is 0 Å². The van der Waals surface area contributed by atoms with E-state index in [4.69, 9.17) is 18.0 Å². The summed E-state index contributed by atoms with van der Waals surface area (Å²) in [5, 5.41) is 3.18. The van der Waals surface area contributed by atoms with Crippen molar-refractivity contribution in [3.05, 3.63) is 0 Å². The van der Waals surface area contributed by atoms with E-state index < -0.39 is 5.41 Å². The minimum atomic E-state index is -0.676. The first-order valence-corrected chi connectivity index (χ1v) is 7.85. The van der Waals surface area contributed by atoms with Crippen LogP contribution in [0.1, 0.15) is 73.1 Å². The molecule has 0 aliphatic rings. The van der Waals surface area contributed by atoms with Gasteiger partial charge in [-0.1, -0.05) is 52.8 Å². The van der Waals surface area contributed by atoms with Gasteiger partial charge in [0, 0.05) is 5.54 Å². The molecule has 112 valence electrons. The molecule has 0 unspecified atom stereocenters. The van der Waals surface area contributed by atoms with Crippen LogP contribution in [0, 0.1) is 5.41 Å². The summed E-state index contributed by atoms with van der Waals surface area (Å²) in [4.78, 5) is 13.1. The monoisotopic (exact) mass is 286 g/mol. The second-order valence-electron chi connectivity index (χ2n) is 5.67. The number of thiocarbonyl (C=S) groups is 1. The zero-order valence-electron chi connectivity index (χ0n) is 13.1. The van der Waals surface area contributed by atoms with Gasteiger partial charge in [0.05, 0.1) is 10.4 Å². The van der Waals surface area contributed by atoms with E-state index in [0.717, 1.165) is 38.5 Å². The van der Waals surface area contributed by atoms with Crippen molar-refractivity contribution < 1.29 is 4.79 Å². The van der Waals surface area contributed by atoms with Gasteiger partial charge in [-0.3, -0.25) is 4.79 Å². The van der Waals surface area contributed by atoms with Gasteiger partial charge < -0.3 is 11.1 Å². The highest BCUT2D eigenvalue weighted by molar-refractivity contribution is 7.80. The van der Waals surface area contributed by atoms with Crippen molar-refractivity contribution in [1.82, 2.24) is 5.32 Å². The molecule has 4 heteroatoms. The average molecular weight is 286 g/mol. The lowest BCUT2D eigenvalue weighted by Crippen LogP contribution is -2.55. The molecule has 0 aromatic rings. The molecule has 3 N–H and O–H groups in total. The number of amides is 1. The smallest absolute Gasteiger partial charge is 0.233 e. The molecule has 0 spiro atoms. The van der Waals surface area contributed by atoms with Crippen molar-refractivity contribution in [2.45, 2.75) is 78.7 Å². The number of carbonyl (C=O) groups is 1. The van der Waals surface area contributed by atoms with Crippen molar-refractivity contribution in [3.63, 3.8) is 0 Å². The molecule has 0 radical (unpaired) electrons. The number of hydrogen-bond acceptors (Lipinski definition) is 2. The van der Waals surface area contributed by atoms with Gasteiger partial charge in [0.15, 0.2) is 0 Å². The summed E-state index contributed by atoms with van der Waals surface area (Å²) in [7, 11) is 0. The minimum Gasteiger partial charge on any atom is -0.392 e. The summed E-state index contributed by atoms with van der Waals surface area (Å²) in [6, 6.07) is 0. The lowest BCUT2D eigenvalue weighted by Gasteiger charge is -2.37. The number of hydrogen-bond donors (Lipinski definition) is 2. The molecule has 0 heterocycles. The van der Waals surface area contributed by atoms with E-state index in [1.807, 2.05) is 0 Å². The molecule has 3 nitrogen and oxygen atoms in total. The minimum absolute atomic E-state index is 0.00917. The normalized spacial score (nSPS) is 12.3. The first kappa shape index (κ1) is 18.4. The Morgan fingerprint density at radius 2 is 1.53 bits per heavy atom. The Labute approximate surface area is 123 Å². The van der Waals surface area contributed by atoms with Crippen molar-refractivity contribution in [1.29, 1.82) is 0 Å². The predicted octanol–water partition coefficient (Wildman–Crippen LogP) is 3.55. The maximum Gasteiger partial charge on any atom is 0.233 e. The van der Waals surface area contributed by atoms with Crippen LogP contribution in [0.15, 0.2) is 0 Å². The van der Waals surface area contributed by atoms with Gasteiger partial charge in [-0.25, -0.2) is 0 Å². The molecule has 0 fully saturated rings. The topological polar surface area (TPSA) is 55.1 Å². The Balaban J connectivity index is 5.26. The van der Waals surface area contributed by atoms with Crippen LogP contribution < -0.4 is 11.1 Å². The fraction of sp³-hybridized carbons (Fsp3) is 0.867. The maximum atomic E-state index is 12.7. The molecular formula is C15H30N2OS. The quantitative estimate of drug-likeness (QED) is 0.637. The molecule has 0 saturated heterocycles. The molecule has 0 aliphatic carbocycles. The highest BCUT2D eigenvalue weighted by atomic mass is 32.1. The third kappa shape index (κ3) is 4.44. The summed E-state index contributed by atoms with van der Waals surface area (Å²) in [6.45, 7) is 10.4. The van der Waals surface area contributed by atoms with Gasteiger partial charge in [-0.15, -0.1) is 0 Å². The van der Waals surface area contributed by atoms with Crippen LogP contribution in [0.3, 0.4) is 0 Å². The van der Waals surface area contributed by atoms with Crippen LogP contribution in [0.5, 0.6) is 0 Å². The Morgan fingerprint density at radius 1 is 1.11 bits per heavy atom. The Hall–Kier alpha value is -0.640. The van der Waals surface area contributed by atoms with E-state index in [1.54, 1.807) is 0 Å². The molecule has 0 aromatic heterocycles. The van der Waals surface area contributed by atoms with Crippen molar-refractivity contribution in [3.8, 4) is 0 Å². The second-order valence-corrected chi connectivity index (χ2v) is 6.11. The second kappa shape index (κ2) is 7.83. The van der Waals surface area contributed by atoms with E-state index >= 15 is 0 Å². The summed E-state index contributed by atoms with van der Waals surface area (Å²) in [5.74, 6) is 0.00917. The van der Waals surface area contributed by atoms with Gasteiger partial charge in [-0.2, -0.15) is 0 Å². The summed E-state index contributed by atoms with van der Waals surface area (Å²) < 4.78 is 0. The largest absolute Gasteiger partial charge is 0.392 e. The van der Waals surface area contributed by atoms with Gasteiger partial charge in [-0.05, 0) is 32.6 Å². The average Bonchev–Trinajstić information content (AvgIpc) is 2.37. The third-order valence-electron chi connectivity index (χ3n) is 4.24. The first-order valence-electron chi connectivity index (χ1n) is 7.44. The van der Waals surface area contributed by atoms with Crippen LogP contribution in [-0.2, 0) is 4.79 Å². The van der Waals surface area contributed by atoms with Gasteiger partial charge in [0.2, 0.25) is 5.91 Å². The third-order valence-corrected chi connectivity index (χ3v) is 4.63. The first-order chi connectivity index (χ1) is 8.81. The van der Waals surface area contributed by atoms with Gasteiger partial charge >= 0.3 is 0 Å². The summed E-state index contributed by atoms with van der Waals surface area (Å²) >= 11 is 5.21. The van der Waals surface area contributed by atoms with Crippen molar-refractivity contribution >= 4 is 23.1 Å². The van der Waals surface area contributed by atoms with Crippen LogP contribution in [0.25, 0.3) is 0 Å². The van der Waals surface area contributed by atoms with E-state index in [2.05, 4.69) is 39.9 Å². The summed E-state index contributed by atoms with van der Waals surface area (Å²) in [5.41, 5.74) is 5.07. The maximum absolute atomic E-state index is 12.7. The van der Waals surface area contributed by atoms with Crippen molar-refractivity contribution in [2.24, 2.45) is 11.1 Å².